The lowest BCUT2D eigenvalue weighted by Gasteiger charge is -1.95. The topological polar surface area (TPSA) is 148 Å². The fraction of sp³-hybridized carbons (Fsp3) is 0.0667. The summed E-state index contributed by atoms with van der Waals surface area (Å²) in [6.45, 7) is 1.62. The van der Waals surface area contributed by atoms with Crippen LogP contribution < -0.4 is 32.4 Å². The summed E-state index contributed by atoms with van der Waals surface area (Å²) in [4.78, 5) is 32.5. The molecule has 0 radical (unpaired) electrons. The molecule has 0 aliphatic heterocycles. The Balaban J connectivity index is 1.70. The van der Waals surface area contributed by atoms with Gasteiger partial charge >= 0.3 is 6.01 Å². The first-order chi connectivity index (χ1) is 13.1. The average Bonchev–Trinajstić information content (AvgIpc) is 3.27. The molecule has 11 nitrogen and oxygen atoms in total. The van der Waals surface area contributed by atoms with Crippen molar-refractivity contribution in [2.45, 2.75) is 6.92 Å². The summed E-state index contributed by atoms with van der Waals surface area (Å²) < 4.78 is 9.04. The number of hydrogen-bond acceptors (Lipinski definition) is 12. The smallest absolute Gasteiger partial charge is 0.314 e. The molecule has 1 aromatic carbocycles. The van der Waals surface area contributed by atoms with Gasteiger partial charge in [0.15, 0.2) is 16.2 Å². The highest BCUT2D eigenvalue weighted by Crippen LogP contribution is 2.24. The van der Waals surface area contributed by atoms with E-state index in [1.165, 1.54) is 12.1 Å². The van der Waals surface area contributed by atoms with Crippen molar-refractivity contribution < 1.29 is 4.52 Å². The Labute approximate surface area is 153 Å². The van der Waals surface area contributed by atoms with E-state index in [1.807, 2.05) is 6.07 Å². The molecule has 2 N–H and O–H groups in total. The van der Waals surface area contributed by atoms with Gasteiger partial charge in [0, 0.05) is 6.20 Å². The molecule has 12 heteroatoms. The Bertz CT molecular complexity index is 1350. The van der Waals surface area contributed by atoms with E-state index >= 15 is 0 Å². The van der Waals surface area contributed by atoms with Crippen LogP contribution in [0.2, 0.25) is 0 Å². The van der Waals surface area contributed by atoms with Gasteiger partial charge in [0.05, 0.1) is 0 Å². The van der Waals surface area contributed by atoms with E-state index in [4.69, 9.17) is 4.52 Å². The Morgan fingerprint density at radius 2 is 2.04 bits per heavy atom. The van der Waals surface area contributed by atoms with Gasteiger partial charge in [0.1, 0.15) is 16.4 Å². The number of anilines is 2. The Morgan fingerprint density at radius 3 is 2.85 bits per heavy atom. The summed E-state index contributed by atoms with van der Waals surface area (Å²) in [5, 5.41) is 11.6. The first-order valence-electron chi connectivity index (χ1n) is 7.57. The van der Waals surface area contributed by atoms with Crippen LogP contribution in [0.5, 0.6) is 0 Å². The summed E-state index contributed by atoms with van der Waals surface area (Å²) in [5.41, 5.74) is 5.29. The van der Waals surface area contributed by atoms with Crippen molar-refractivity contribution in [3.8, 4) is 0 Å². The van der Waals surface area contributed by atoms with Crippen LogP contribution in [0.25, 0.3) is 11.0 Å². The van der Waals surface area contributed by atoms with E-state index in [1.54, 1.807) is 19.2 Å². The van der Waals surface area contributed by atoms with E-state index in [0.29, 0.717) is 21.9 Å². The molecule has 27 heavy (non-hydrogen) atoms. The lowest BCUT2D eigenvalue weighted by molar-refractivity contribution is 0.425. The van der Waals surface area contributed by atoms with Crippen molar-refractivity contribution in [3.63, 3.8) is 0 Å². The second kappa shape index (κ2) is 6.84. The summed E-state index contributed by atoms with van der Waals surface area (Å²) in [6, 6.07) is 6.07. The predicted molar refractivity (Wildman–Crippen MR) is 96.2 cm³/mol. The van der Waals surface area contributed by atoms with Gasteiger partial charge in [-0.3, -0.25) is 20.0 Å². The van der Waals surface area contributed by atoms with Gasteiger partial charge in [-0.1, -0.05) is 5.16 Å². The zero-order valence-corrected chi connectivity index (χ0v) is 14.5. The normalized spacial score (nSPS) is 12.6. The molecule has 0 atom stereocenters. The first-order valence-corrected chi connectivity index (χ1v) is 8.34. The molecular formula is C15H10N8O3S. The molecule has 4 aromatic rings. The van der Waals surface area contributed by atoms with E-state index < -0.39 is 10.9 Å². The number of benzene rings is 1. The zero-order valence-electron chi connectivity index (χ0n) is 13.7. The second-order valence-electron chi connectivity index (χ2n) is 5.24. The van der Waals surface area contributed by atoms with Gasteiger partial charge in [-0.05, 0) is 42.7 Å². The zero-order chi connectivity index (χ0) is 18.8. The van der Waals surface area contributed by atoms with Crippen LogP contribution in [-0.4, -0.2) is 19.5 Å². The number of hydrogen-bond donors (Lipinski definition) is 2. The van der Waals surface area contributed by atoms with Crippen LogP contribution >= 0.6 is 11.5 Å². The molecule has 0 aliphatic carbocycles. The Hall–Kier alpha value is -3.80. The minimum atomic E-state index is -0.652. The summed E-state index contributed by atoms with van der Waals surface area (Å²) >= 11 is 1.16. The monoisotopic (exact) mass is 382 g/mol. The number of pyridine rings is 1. The van der Waals surface area contributed by atoms with Crippen LogP contribution in [-0.2, 0) is 0 Å². The predicted octanol–water partition coefficient (Wildman–Crippen LogP) is -0.166. The van der Waals surface area contributed by atoms with Crippen LogP contribution in [0.3, 0.4) is 0 Å². The van der Waals surface area contributed by atoms with Crippen molar-refractivity contribution in [1.82, 2.24) is 19.5 Å². The Morgan fingerprint density at radius 1 is 1.15 bits per heavy atom. The number of aryl methyl sites for hydroxylation is 1. The molecule has 0 fully saturated rings. The number of aromatic nitrogens is 4. The SMILES string of the molecule is Cc1noc(N/N=c2\c(=O)cc/c(=N\Nc3snc4cccnc34)c2=O)n1. The van der Waals surface area contributed by atoms with E-state index in [0.717, 1.165) is 11.5 Å². The molecular weight excluding hydrogens is 372 g/mol. The molecule has 0 saturated heterocycles. The van der Waals surface area contributed by atoms with E-state index in [9.17, 15) is 9.59 Å². The number of rotatable bonds is 4. The Kier molecular flexibility index (Phi) is 4.22. The third kappa shape index (κ3) is 3.32. The fourth-order valence-corrected chi connectivity index (χ4v) is 2.82. The van der Waals surface area contributed by atoms with Crippen LogP contribution in [0, 0.1) is 6.92 Å². The molecule has 4 rings (SSSR count). The van der Waals surface area contributed by atoms with Crippen molar-refractivity contribution in [2.75, 3.05) is 10.9 Å². The maximum absolute atomic E-state index is 12.5. The molecule has 0 saturated carbocycles. The highest BCUT2D eigenvalue weighted by molar-refractivity contribution is 7.11. The molecule has 3 heterocycles. The first kappa shape index (κ1) is 16.7. The highest BCUT2D eigenvalue weighted by atomic mass is 32.1. The van der Waals surface area contributed by atoms with Gasteiger partial charge in [0.2, 0.25) is 10.9 Å². The standard InChI is InChI=1S/C15H10N8O3S/c1-7-17-15(26-22-7)21-19-12-10(24)5-4-9(13(12)25)18-20-14-11-8(23-27-14)3-2-6-16-11/h2-6,20H,1H3,(H,17,21,22)/b18-9+,19-12+. The number of nitrogens with zero attached hydrogens (tertiary/aromatic N) is 6. The van der Waals surface area contributed by atoms with Crippen molar-refractivity contribution in [1.29, 1.82) is 0 Å². The molecule has 0 unspecified atom stereocenters. The summed E-state index contributed by atoms with van der Waals surface area (Å²) in [7, 11) is 0. The van der Waals surface area contributed by atoms with Gasteiger partial charge < -0.3 is 4.52 Å². The molecule has 3 aromatic heterocycles. The fourth-order valence-electron chi connectivity index (χ4n) is 2.15. The quantitative estimate of drug-likeness (QED) is 0.459. The molecule has 0 amide bonds. The van der Waals surface area contributed by atoms with Gasteiger partial charge in [-0.25, -0.2) is 5.43 Å². The summed E-state index contributed by atoms with van der Waals surface area (Å²) in [5.74, 6) is 0.385. The van der Waals surface area contributed by atoms with Crippen LogP contribution in [0.4, 0.5) is 11.0 Å². The van der Waals surface area contributed by atoms with Crippen molar-refractivity contribution in [2.24, 2.45) is 10.2 Å². The number of fused-ring (bicyclic) bond motifs is 1. The average molecular weight is 382 g/mol. The summed E-state index contributed by atoms with van der Waals surface area (Å²) in [6.07, 6.45) is 1.63. The van der Waals surface area contributed by atoms with Crippen LogP contribution in [0.1, 0.15) is 5.82 Å². The lowest BCUT2D eigenvalue weighted by Crippen LogP contribution is -2.47. The molecule has 0 aliphatic rings. The van der Waals surface area contributed by atoms with Crippen LogP contribution in [0.15, 0.2) is 54.8 Å². The van der Waals surface area contributed by atoms with Gasteiger partial charge in [0.25, 0.3) is 0 Å². The van der Waals surface area contributed by atoms with E-state index in [2.05, 4.69) is 40.6 Å². The highest BCUT2D eigenvalue weighted by Gasteiger charge is 2.07. The minimum Gasteiger partial charge on any atom is -0.314 e. The van der Waals surface area contributed by atoms with Crippen molar-refractivity contribution >= 4 is 33.6 Å². The third-order valence-electron chi connectivity index (χ3n) is 3.38. The minimum absolute atomic E-state index is 0.00865. The molecule has 0 bridgehead atoms. The lowest BCUT2D eigenvalue weighted by atomic mass is 10.3. The largest absolute Gasteiger partial charge is 0.341 e. The maximum atomic E-state index is 12.5. The van der Waals surface area contributed by atoms with Gasteiger partial charge in [-0.15, -0.1) is 0 Å². The van der Waals surface area contributed by atoms with Crippen molar-refractivity contribution in [3.05, 3.63) is 67.4 Å². The third-order valence-corrected chi connectivity index (χ3v) is 4.13. The second-order valence-corrected chi connectivity index (χ2v) is 6.01. The molecule has 134 valence electrons. The van der Waals surface area contributed by atoms with Gasteiger partial charge in [-0.2, -0.15) is 19.6 Å². The molecule has 0 spiro atoms. The van der Waals surface area contributed by atoms with E-state index in [-0.39, 0.29) is 16.7 Å². The number of nitrogens with one attached hydrogen (secondary N) is 2. The maximum Gasteiger partial charge on any atom is 0.341 e.